The van der Waals surface area contributed by atoms with E-state index in [1.807, 2.05) is 6.92 Å². The van der Waals surface area contributed by atoms with Gasteiger partial charge in [-0.2, -0.15) is 0 Å². The van der Waals surface area contributed by atoms with Crippen LogP contribution in [0.3, 0.4) is 0 Å². The summed E-state index contributed by atoms with van der Waals surface area (Å²) >= 11 is 0. The smallest absolute Gasteiger partial charge is 0.335 e. The molecular weight excluding hydrogens is 288 g/mol. The second-order valence-electron chi connectivity index (χ2n) is 5.96. The van der Waals surface area contributed by atoms with Crippen molar-refractivity contribution in [2.75, 3.05) is 7.11 Å². The van der Waals surface area contributed by atoms with Gasteiger partial charge in [0.25, 0.3) is 5.91 Å². The Morgan fingerprint density at radius 2 is 2.18 bits per heavy atom. The van der Waals surface area contributed by atoms with E-state index < -0.39 is 6.10 Å². The van der Waals surface area contributed by atoms with Crippen LogP contribution < -0.4 is 0 Å². The van der Waals surface area contributed by atoms with Crippen LogP contribution in [-0.2, 0) is 14.3 Å². The van der Waals surface area contributed by atoms with Gasteiger partial charge in [0.15, 0.2) is 6.10 Å². The van der Waals surface area contributed by atoms with Gasteiger partial charge in [-0.1, -0.05) is 5.16 Å². The normalized spacial score (nSPS) is 31.0. The summed E-state index contributed by atoms with van der Waals surface area (Å²) in [5.41, 5.74) is 0.666. The zero-order chi connectivity index (χ0) is 15.9. The van der Waals surface area contributed by atoms with E-state index in [9.17, 15) is 9.59 Å². The number of ether oxygens (including phenoxy) is 2. The first-order valence-corrected chi connectivity index (χ1v) is 7.50. The molecule has 120 valence electrons. The maximum Gasteiger partial charge on any atom is 0.335 e. The van der Waals surface area contributed by atoms with E-state index in [0.29, 0.717) is 12.1 Å². The van der Waals surface area contributed by atoms with Crippen LogP contribution in [-0.4, -0.2) is 53.3 Å². The van der Waals surface area contributed by atoms with Gasteiger partial charge in [0, 0.05) is 18.5 Å². The summed E-state index contributed by atoms with van der Waals surface area (Å²) in [6.45, 7) is 3.78. The lowest BCUT2D eigenvalue weighted by molar-refractivity contribution is -0.153. The number of aromatic nitrogens is 1. The van der Waals surface area contributed by atoms with Gasteiger partial charge < -0.3 is 18.9 Å². The maximum atomic E-state index is 12.7. The zero-order valence-electron chi connectivity index (χ0n) is 12.9. The van der Waals surface area contributed by atoms with E-state index in [4.69, 9.17) is 14.0 Å². The summed E-state index contributed by atoms with van der Waals surface area (Å²) < 4.78 is 15.6. The third-order valence-corrected chi connectivity index (χ3v) is 4.46. The lowest BCUT2D eigenvalue weighted by Crippen LogP contribution is -2.53. The molecule has 0 spiro atoms. The van der Waals surface area contributed by atoms with E-state index in [-0.39, 0.29) is 35.8 Å². The first kappa shape index (κ1) is 15.0. The lowest BCUT2D eigenvalue weighted by Gasteiger charge is -2.40. The van der Waals surface area contributed by atoms with Gasteiger partial charge in [0.2, 0.25) is 5.76 Å². The molecule has 2 aliphatic rings. The van der Waals surface area contributed by atoms with Crippen molar-refractivity contribution in [3.63, 3.8) is 0 Å². The average Bonchev–Trinajstić information content (AvgIpc) is 3.11. The SMILES string of the molecule is COC(=O)[C@@H]1C[C@@H]2[C@H](CC[C@H](C)N2C(=O)c2cc(C)no2)O1. The number of piperidine rings is 1. The Balaban J connectivity index is 1.82. The van der Waals surface area contributed by atoms with Gasteiger partial charge >= 0.3 is 5.97 Å². The van der Waals surface area contributed by atoms with E-state index in [1.165, 1.54) is 7.11 Å². The van der Waals surface area contributed by atoms with Crippen LogP contribution >= 0.6 is 0 Å². The summed E-state index contributed by atoms with van der Waals surface area (Å²) in [4.78, 5) is 26.2. The van der Waals surface area contributed by atoms with Crippen LogP contribution in [0.5, 0.6) is 0 Å². The van der Waals surface area contributed by atoms with Crippen molar-refractivity contribution in [1.82, 2.24) is 10.1 Å². The highest BCUT2D eigenvalue weighted by molar-refractivity contribution is 5.92. The van der Waals surface area contributed by atoms with Gasteiger partial charge in [-0.05, 0) is 26.7 Å². The standard InChI is InChI=1S/C15H20N2O5/c1-8-6-12(22-16-8)14(18)17-9(2)4-5-11-10(17)7-13(21-11)15(19)20-3/h6,9-11,13H,4-5,7H2,1-3H3/t9-,10+,11-,13-/m0/s1. The zero-order valence-corrected chi connectivity index (χ0v) is 12.9. The van der Waals surface area contributed by atoms with Crippen molar-refractivity contribution in [3.05, 3.63) is 17.5 Å². The van der Waals surface area contributed by atoms with E-state index in [2.05, 4.69) is 5.16 Å². The quantitative estimate of drug-likeness (QED) is 0.766. The van der Waals surface area contributed by atoms with Gasteiger partial charge in [0.05, 0.1) is 24.9 Å². The number of aryl methyl sites for hydroxylation is 1. The van der Waals surface area contributed by atoms with Crippen molar-refractivity contribution in [3.8, 4) is 0 Å². The number of hydrogen-bond donors (Lipinski definition) is 0. The molecular formula is C15H20N2O5. The van der Waals surface area contributed by atoms with Crippen molar-refractivity contribution >= 4 is 11.9 Å². The van der Waals surface area contributed by atoms with Crippen molar-refractivity contribution in [2.45, 2.75) is 57.4 Å². The number of likely N-dealkylation sites (tertiary alicyclic amines) is 1. The predicted octanol–water partition coefficient (Wildman–Crippen LogP) is 1.31. The molecule has 7 heteroatoms. The van der Waals surface area contributed by atoms with E-state index in [1.54, 1.807) is 17.9 Å². The van der Waals surface area contributed by atoms with Crippen LogP contribution in [0.4, 0.5) is 0 Å². The fraction of sp³-hybridized carbons (Fsp3) is 0.667. The van der Waals surface area contributed by atoms with Crippen LogP contribution in [0, 0.1) is 6.92 Å². The summed E-state index contributed by atoms with van der Waals surface area (Å²) in [7, 11) is 1.34. The molecule has 0 radical (unpaired) electrons. The molecule has 0 N–H and O–H groups in total. The highest BCUT2D eigenvalue weighted by atomic mass is 16.6. The Labute approximate surface area is 128 Å². The van der Waals surface area contributed by atoms with Gasteiger partial charge in [-0.3, -0.25) is 4.79 Å². The van der Waals surface area contributed by atoms with Crippen LogP contribution in [0.15, 0.2) is 10.6 Å². The monoisotopic (exact) mass is 308 g/mol. The topological polar surface area (TPSA) is 81.9 Å². The highest BCUT2D eigenvalue weighted by Gasteiger charge is 2.48. The Morgan fingerprint density at radius 3 is 2.82 bits per heavy atom. The number of carbonyl (C=O) groups excluding carboxylic acids is 2. The van der Waals surface area contributed by atoms with Crippen LogP contribution in [0.2, 0.25) is 0 Å². The fourth-order valence-corrected chi connectivity index (χ4v) is 3.38. The molecule has 22 heavy (non-hydrogen) atoms. The number of methoxy groups -OCH3 is 1. The minimum absolute atomic E-state index is 0.0687. The van der Waals surface area contributed by atoms with Crippen LogP contribution in [0.1, 0.15) is 42.4 Å². The van der Waals surface area contributed by atoms with E-state index >= 15 is 0 Å². The number of fused-ring (bicyclic) bond motifs is 1. The molecule has 4 atom stereocenters. The van der Waals surface area contributed by atoms with Crippen LogP contribution in [0.25, 0.3) is 0 Å². The number of esters is 1. The largest absolute Gasteiger partial charge is 0.467 e. The number of rotatable bonds is 2. The predicted molar refractivity (Wildman–Crippen MR) is 75.2 cm³/mol. The van der Waals surface area contributed by atoms with Gasteiger partial charge in [0.1, 0.15) is 0 Å². The second-order valence-corrected chi connectivity index (χ2v) is 5.96. The summed E-state index contributed by atoms with van der Waals surface area (Å²) in [5.74, 6) is -0.353. The first-order valence-electron chi connectivity index (χ1n) is 7.50. The molecule has 7 nitrogen and oxygen atoms in total. The average molecular weight is 308 g/mol. The van der Waals surface area contributed by atoms with E-state index in [0.717, 1.165) is 12.8 Å². The molecule has 2 aliphatic heterocycles. The number of nitrogens with zero attached hydrogens (tertiary/aromatic N) is 2. The summed E-state index contributed by atoms with van der Waals surface area (Å²) in [6.07, 6.45) is 1.39. The minimum atomic E-state index is -0.600. The minimum Gasteiger partial charge on any atom is -0.467 e. The molecule has 3 heterocycles. The Kier molecular flexibility index (Phi) is 3.90. The molecule has 2 fully saturated rings. The number of amides is 1. The number of hydrogen-bond acceptors (Lipinski definition) is 6. The molecule has 2 saturated heterocycles. The molecule has 0 aliphatic carbocycles. The van der Waals surface area contributed by atoms with Gasteiger partial charge in [-0.15, -0.1) is 0 Å². The molecule has 0 aromatic carbocycles. The maximum absolute atomic E-state index is 12.7. The molecule has 3 rings (SSSR count). The molecule has 0 saturated carbocycles. The molecule has 0 bridgehead atoms. The molecule has 1 aromatic rings. The Morgan fingerprint density at radius 1 is 1.41 bits per heavy atom. The summed E-state index contributed by atoms with van der Waals surface area (Å²) in [5, 5.41) is 3.77. The van der Waals surface area contributed by atoms with Gasteiger partial charge in [-0.25, -0.2) is 4.79 Å². The molecule has 1 aromatic heterocycles. The second kappa shape index (κ2) is 5.72. The molecule has 1 amide bonds. The third-order valence-electron chi connectivity index (χ3n) is 4.46. The Hall–Kier alpha value is -1.89. The fourth-order valence-electron chi connectivity index (χ4n) is 3.38. The third kappa shape index (κ3) is 2.49. The summed E-state index contributed by atoms with van der Waals surface area (Å²) in [6, 6.07) is 1.57. The van der Waals surface area contributed by atoms with Crippen molar-refractivity contribution < 1.29 is 23.6 Å². The Bertz CT molecular complexity index is 584. The lowest BCUT2D eigenvalue weighted by atomic mass is 9.92. The first-order chi connectivity index (χ1) is 10.5. The van der Waals surface area contributed by atoms with Crippen molar-refractivity contribution in [1.29, 1.82) is 0 Å². The number of carbonyl (C=O) groups is 2. The highest BCUT2D eigenvalue weighted by Crippen LogP contribution is 2.36. The van der Waals surface area contributed by atoms with Crippen molar-refractivity contribution in [2.24, 2.45) is 0 Å². The molecule has 0 unspecified atom stereocenters.